The first kappa shape index (κ1) is 17.9. The number of rotatable bonds is 7. The van der Waals surface area contributed by atoms with Crippen molar-refractivity contribution in [1.29, 1.82) is 0 Å². The van der Waals surface area contributed by atoms with Crippen LogP contribution < -0.4 is 14.8 Å². The standard InChI is InChI=1S/C20H24N4O2/c1-24(2)11-10-21-20-15-12-17(25-3)18(26-4)13-16(15)22-19(23-20)14-8-6-5-7-9-14/h5-9,12-13H,10-11H2,1-4H3,(H,21,22,23). The summed E-state index contributed by atoms with van der Waals surface area (Å²) in [6.45, 7) is 1.68. The summed E-state index contributed by atoms with van der Waals surface area (Å²) in [5.74, 6) is 2.78. The van der Waals surface area contributed by atoms with E-state index in [4.69, 9.17) is 19.4 Å². The molecule has 0 aliphatic heterocycles. The first-order valence-electron chi connectivity index (χ1n) is 8.50. The van der Waals surface area contributed by atoms with Gasteiger partial charge in [0.1, 0.15) is 5.82 Å². The zero-order valence-electron chi connectivity index (χ0n) is 15.6. The second-order valence-electron chi connectivity index (χ2n) is 6.22. The maximum absolute atomic E-state index is 5.44. The third-order valence-electron chi connectivity index (χ3n) is 4.08. The van der Waals surface area contributed by atoms with Crippen LogP contribution in [0, 0.1) is 0 Å². The number of fused-ring (bicyclic) bond motifs is 1. The van der Waals surface area contributed by atoms with Gasteiger partial charge in [-0.25, -0.2) is 9.97 Å². The minimum Gasteiger partial charge on any atom is -0.493 e. The van der Waals surface area contributed by atoms with Crippen molar-refractivity contribution >= 4 is 16.7 Å². The van der Waals surface area contributed by atoms with Crippen molar-refractivity contribution in [3.8, 4) is 22.9 Å². The van der Waals surface area contributed by atoms with Crippen LogP contribution in [0.4, 0.5) is 5.82 Å². The molecule has 1 N–H and O–H groups in total. The van der Waals surface area contributed by atoms with Crippen LogP contribution in [0.15, 0.2) is 42.5 Å². The molecule has 0 fully saturated rings. The molecule has 0 aliphatic rings. The number of hydrogen-bond donors (Lipinski definition) is 1. The Balaban J connectivity index is 2.12. The molecule has 3 aromatic rings. The molecule has 6 nitrogen and oxygen atoms in total. The third-order valence-corrected chi connectivity index (χ3v) is 4.08. The van der Waals surface area contributed by atoms with Crippen molar-refractivity contribution < 1.29 is 9.47 Å². The summed E-state index contributed by atoms with van der Waals surface area (Å²) >= 11 is 0. The van der Waals surface area contributed by atoms with Gasteiger partial charge in [0.05, 0.1) is 19.7 Å². The summed E-state index contributed by atoms with van der Waals surface area (Å²) in [4.78, 5) is 11.6. The van der Waals surface area contributed by atoms with Gasteiger partial charge in [0, 0.05) is 30.1 Å². The van der Waals surface area contributed by atoms with Crippen LogP contribution >= 0.6 is 0 Å². The van der Waals surface area contributed by atoms with Gasteiger partial charge in [-0.05, 0) is 20.2 Å². The summed E-state index contributed by atoms with van der Waals surface area (Å²) in [5.41, 5.74) is 1.78. The van der Waals surface area contributed by atoms with Gasteiger partial charge in [0.25, 0.3) is 0 Å². The van der Waals surface area contributed by atoms with Gasteiger partial charge < -0.3 is 19.7 Å². The Hall–Kier alpha value is -2.86. The molecule has 0 radical (unpaired) electrons. The van der Waals surface area contributed by atoms with Crippen molar-refractivity contribution in [2.24, 2.45) is 0 Å². The normalized spacial score (nSPS) is 11.0. The van der Waals surface area contributed by atoms with E-state index in [1.165, 1.54) is 0 Å². The van der Waals surface area contributed by atoms with Gasteiger partial charge in [-0.1, -0.05) is 30.3 Å². The fraction of sp³-hybridized carbons (Fsp3) is 0.300. The Morgan fingerprint density at radius 2 is 1.65 bits per heavy atom. The van der Waals surface area contributed by atoms with Gasteiger partial charge in [0.15, 0.2) is 17.3 Å². The number of nitrogens with one attached hydrogen (secondary N) is 1. The maximum atomic E-state index is 5.44. The summed E-state index contributed by atoms with van der Waals surface area (Å²) in [6.07, 6.45) is 0. The molecule has 0 bridgehead atoms. The first-order valence-corrected chi connectivity index (χ1v) is 8.50. The number of ether oxygens (including phenoxy) is 2. The number of methoxy groups -OCH3 is 2. The monoisotopic (exact) mass is 352 g/mol. The number of aromatic nitrogens is 2. The molecule has 1 aromatic heterocycles. The van der Waals surface area contributed by atoms with E-state index in [0.29, 0.717) is 17.3 Å². The molecule has 0 saturated carbocycles. The van der Waals surface area contributed by atoms with Crippen molar-refractivity contribution in [2.75, 3.05) is 46.7 Å². The topological polar surface area (TPSA) is 59.5 Å². The molecule has 1 heterocycles. The molecule has 0 spiro atoms. The highest BCUT2D eigenvalue weighted by atomic mass is 16.5. The summed E-state index contributed by atoms with van der Waals surface area (Å²) in [7, 11) is 7.34. The summed E-state index contributed by atoms with van der Waals surface area (Å²) in [6, 6.07) is 13.8. The van der Waals surface area contributed by atoms with Gasteiger partial charge in [-0.15, -0.1) is 0 Å². The van der Waals surface area contributed by atoms with E-state index in [-0.39, 0.29) is 0 Å². The molecule has 0 saturated heterocycles. The van der Waals surface area contributed by atoms with Crippen LogP contribution in [-0.2, 0) is 0 Å². The smallest absolute Gasteiger partial charge is 0.162 e. The second-order valence-corrected chi connectivity index (χ2v) is 6.22. The molecular weight excluding hydrogens is 328 g/mol. The molecule has 2 aromatic carbocycles. The molecule has 26 heavy (non-hydrogen) atoms. The van der Waals surface area contributed by atoms with Crippen LogP contribution in [-0.4, -0.2) is 56.3 Å². The van der Waals surface area contributed by atoms with Gasteiger partial charge in [-0.2, -0.15) is 0 Å². The van der Waals surface area contributed by atoms with Gasteiger partial charge in [0.2, 0.25) is 0 Å². The second kappa shape index (κ2) is 8.01. The SMILES string of the molecule is COc1cc2nc(-c3ccccc3)nc(NCCN(C)C)c2cc1OC. The van der Waals surface area contributed by atoms with E-state index in [1.54, 1.807) is 14.2 Å². The predicted octanol–water partition coefficient (Wildman–Crippen LogP) is 3.29. The first-order chi connectivity index (χ1) is 12.6. The minimum atomic E-state index is 0.650. The lowest BCUT2D eigenvalue weighted by molar-refractivity contribution is 0.356. The number of nitrogens with zero attached hydrogens (tertiary/aromatic N) is 3. The largest absolute Gasteiger partial charge is 0.493 e. The van der Waals surface area contributed by atoms with Crippen LogP contribution in [0.5, 0.6) is 11.5 Å². The van der Waals surface area contributed by atoms with Crippen molar-refractivity contribution in [3.05, 3.63) is 42.5 Å². The molecule has 0 amide bonds. The quantitative estimate of drug-likeness (QED) is 0.704. The van der Waals surface area contributed by atoms with E-state index in [1.807, 2.05) is 56.6 Å². The fourth-order valence-corrected chi connectivity index (χ4v) is 2.70. The lowest BCUT2D eigenvalue weighted by atomic mass is 10.1. The molecular formula is C20H24N4O2. The molecule has 3 rings (SSSR count). The van der Waals surface area contributed by atoms with E-state index in [9.17, 15) is 0 Å². The Kier molecular flexibility index (Phi) is 5.53. The average Bonchev–Trinajstić information content (AvgIpc) is 2.67. The van der Waals surface area contributed by atoms with Crippen LogP contribution in [0.1, 0.15) is 0 Å². The Morgan fingerprint density at radius 1 is 0.962 bits per heavy atom. The van der Waals surface area contributed by atoms with Crippen LogP contribution in [0.3, 0.4) is 0 Å². The maximum Gasteiger partial charge on any atom is 0.162 e. The molecule has 0 atom stereocenters. The Labute approximate surface area is 153 Å². The molecule has 136 valence electrons. The lowest BCUT2D eigenvalue weighted by Gasteiger charge is -2.15. The highest BCUT2D eigenvalue weighted by Gasteiger charge is 2.14. The van der Waals surface area contributed by atoms with Crippen molar-refractivity contribution in [1.82, 2.24) is 14.9 Å². The highest BCUT2D eigenvalue weighted by Crippen LogP contribution is 2.35. The average molecular weight is 352 g/mol. The number of anilines is 1. The van der Waals surface area contributed by atoms with Gasteiger partial charge >= 0.3 is 0 Å². The third kappa shape index (κ3) is 3.86. The van der Waals surface area contributed by atoms with Crippen LogP contribution in [0.25, 0.3) is 22.3 Å². The van der Waals surface area contributed by atoms with Crippen molar-refractivity contribution in [2.45, 2.75) is 0 Å². The lowest BCUT2D eigenvalue weighted by Crippen LogP contribution is -2.21. The number of hydrogen-bond acceptors (Lipinski definition) is 6. The Bertz CT molecular complexity index is 882. The predicted molar refractivity (Wildman–Crippen MR) is 105 cm³/mol. The number of likely N-dealkylation sites (N-methyl/N-ethyl adjacent to an activating group) is 1. The van der Waals surface area contributed by atoms with E-state index in [2.05, 4.69) is 10.2 Å². The van der Waals surface area contributed by atoms with E-state index >= 15 is 0 Å². The van der Waals surface area contributed by atoms with Gasteiger partial charge in [-0.3, -0.25) is 0 Å². The number of benzene rings is 2. The van der Waals surface area contributed by atoms with Crippen molar-refractivity contribution in [3.63, 3.8) is 0 Å². The van der Waals surface area contributed by atoms with E-state index < -0.39 is 0 Å². The molecule has 0 unspecified atom stereocenters. The molecule has 6 heteroatoms. The van der Waals surface area contributed by atoms with E-state index in [0.717, 1.165) is 35.4 Å². The summed E-state index contributed by atoms with van der Waals surface area (Å²) < 4.78 is 10.9. The highest BCUT2D eigenvalue weighted by molar-refractivity contribution is 5.93. The minimum absolute atomic E-state index is 0.650. The fourth-order valence-electron chi connectivity index (χ4n) is 2.70. The Morgan fingerprint density at radius 3 is 2.31 bits per heavy atom. The zero-order chi connectivity index (χ0) is 18.5. The zero-order valence-corrected chi connectivity index (χ0v) is 15.6. The summed E-state index contributed by atoms with van der Waals surface area (Å²) in [5, 5.41) is 4.33. The van der Waals surface area contributed by atoms with Crippen LogP contribution in [0.2, 0.25) is 0 Å². The molecule has 0 aliphatic carbocycles.